The third kappa shape index (κ3) is 3.40. The monoisotopic (exact) mass is 227 g/mol. The average Bonchev–Trinajstić information content (AvgIpc) is 2.28. The smallest absolute Gasteiger partial charge is 0.129 e. The molecule has 0 fully saturated rings. The molecular weight excluding hydrogens is 212 g/mol. The van der Waals surface area contributed by atoms with E-state index < -0.39 is 17.7 Å². The van der Waals surface area contributed by atoms with E-state index in [0.29, 0.717) is 0 Å². The Labute approximate surface area is 93.6 Å². The van der Waals surface area contributed by atoms with Gasteiger partial charge < -0.3 is 10.4 Å². The van der Waals surface area contributed by atoms with Crippen molar-refractivity contribution >= 4 is 0 Å². The molecule has 1 aromatic rings. The summed E-state index contributed by atoms with van der Waals surface area (Å²) in [6.07, 6.45) is 0.590. The van der Waals surface area contributed by atoms with Crippen LogP contribution in [-0.2, 0) is 0 Å². The molecule has 1 rings (SSSR count). The van der Waals surface area contributed by atoms with Crippen molar-refractivity contribution in [1.29, 1.82) is 0 Å². The molecule has 4 heteroatoms. The maximum absolute atomic E-state index is 13.3. The Morgan fingerprint density at radius 1 is 1.50 bits per heavy atom. The lowest BCUT2D eigenvalue weighted by Gasteiger charge is -2.15. The normalized spacial score (nSPS) is 14.5. The number of hydrogen-bond donors (Lipinski definition) is 2. The highest BCUT2D eigenvalue weighted by atomic mass is 19.1. The fourth-order valence-corrected chi connectivity index (χ4v) is 1.26. The Hall–Kier alpha value is -1.26. The fraction of sp³-hybridized carbons (Fsp3) is 0.333. The fourth-order valence-electron chi connectivity index (χ4n) is 1.26. The van der Waals surface area contributed by atoms with Gasteiger partial charge in [0.05, 0.1) is 6.10 Å². The Morgan fingerprint density at radius 3 is 2.81 bits per heavy atom. The largest absolute Gasteiger partial charge is 0.387 e. The van der Waals surface area contributed by atoms with Gasteiger partial charge in [0.25, 0.3) is 0 Å². The van der Waals surface area contributed by atoms with Gasteiger partial charge in [0.15, 0.2) is 0 Å². The minimum absolute atomic E-state index is 0.00581. The Balaban J connectivity index is 2.68. The minimum Gasteiger partial charge on any atom is -0.387 e. The zero-order valence-corrected chi connectivity index (χ0v) is 9.08. The van der Waals surface area contributed by atoms with E-state index in [2.05, 4.69) is 11.9 Å². The first kappa shape index (κ1) is 12.8. The first-order chi connectivity index (χ1) is 7.54. The third-order valence-corrected chi connectivity index (χ3v) is 2.30. The maximum atomic E-state index is 13.3. The van der Waals surface area contributed by atoms with Gasteiger partial charge in [-0.1, -0.05) is 6.08 Å². The van der Waals surface area contributed by atoms with Gasteiger partial charge in [-0.05, 0) is 25.1 Å². The molecule has 0 spiro atoms. The summed E-state index contributed by atoms with van der Waals surface area (Å²) in [6, 6.07) is 3.03. The van der Waals surface area contributed by atoms with Crippen LogP contribution in [0.5, 0.6) is 0 Å². The van der Waals surface area contributed by atoms with E-state index in [1.807, 2.05) is 6.92 Å². The molecule has 2 unspecified atom stereocenters. The van der Waals surface area contributed by atoms with Gasteiger partial charge in [-0.15, -0.1) is 6.58 Å². The summed E-state index contributed by atoms with van der Waals surface area (Å²) in [5, 5.41) is 12.6. The number of rotatable bonds is 5. The van der Waals surface area contributed by atoms with Gasteiger partial charge in [0.1, 0.15) is 11.6 Å². The topological polar surface area (TPSA) is 32.3 Å². The molecule has 2 N–H and O–H groups in total. The minimum atomic E-state index is -1.07. The van der Waals surface area contributed by atoms with Crippen LogP contribution in [0.25, 0.3) is 0 Å². The summed E-state index contributed by atoms with van der Waals surface area (Å²) >= 11 is 0. The lowest BCUT2D eigenvalue weighted by atomic mass is 10.1. The van der Waals surface area contributed by atoms with Crippen molar-refractivity contribution in [3.8, 4) is 0 Å². The molecule has 0 heterocycles. The van der Waals surface area contributed by atoms with Crippen molar-refractivity contribution in [1.82, 2.24) is 5.32 Å². The third-order valence-electron chi connectivity index (χ3n) is 2.30. The first-order valence-electron chi connectivity index (χ1n) is 5.03. The molecule has 0 saturated carbocycles. The molecule has 0 radical (unpaired) electrons. The van der Waals surface area contributed by atoms with Crippen LogP contribution in [0.3, 0.4) is 0 Å². The summed E-state index contributed by atoms with van der Waals surface area (Å²) in [4.78, 5) is 0. The Bertz CT molecular complexity index is 368. The van der Waals surface area contributed by atoms with Crippen molar-refractivity contribution in [2.45, 2.75) is 19.1 Å². The molecule has 2 nitrogen and oxygen atoms in total. The molecule has 0 saturated heterocycles. The highest BCUT2D eigenvalue weighted by molar-refractivity contribution is 5.21. The maximum Gasteiger partial charge on any atom is 0.129 e. The van der Waals surface area contributed by atoms with Crippen LogP contribution >= 0.6 is 0 Å². The van der Waals surface area contributed by atoms with Gasteiger partial charge in [0, 0.05) is 18.2 Å². The number of hydrogen-bond acceptors (Lipinski definition) is 2. The van der Waals surface area contributed by atoms with E-state index in [1.165, 1.54) is 0 Å². The number of aliphatic hydroxyl groups excluding tert-OH is 1. The van der Waals surface area contributed by atoms with E-state index in [9.17, 15) is 13.9 Å². The zero-order chi connectivity index (χ0) is 12.1. The summed E-state index contributed by atoms with van der Waals surface area (Å²) < 4.78 is 26.1. The number of aliphatic hydroxyl groups is 1. The van der Waals surface area contributed by atoms with Crippen LogP contribution in [0.1, 0.15) is 18.6 Å². The molecule has 2 atom stereocenters. The molecule has 0 amide bonds. The SMILES string of the molecule is C=CC(C)NCC(O)c1cc(F)ccc1F. The second-order valence-electron chi connectivity index (χ2n) is 3.61. The summed E-state index contributed by atoms with van der Waals surface area (Å²) in [5.74, 6) is -1.17. The molecular formula is C12H15F2NO. The van der Waals surface area contributed by atoms with E-state index in [4.69, 9.17) is 0 Å². The standard InChI is InChI=1S/C12H15F2NO/c1-3-8(2)15-7-12(16)10-6-9(13)4-5-11(10)14/h3-6,8,12,15-16H,1,7H2,2H3. The molecule has 0 bridgehead atoms. The van der Waals surface area contributed by atoms with Crippen LogP contribution in [0.4, 0.5) is 8.78 Å². The molecule has 0 aliphatic heterocycles. The van der Waals surface area contributed by atoms with Gasteiger partial charge in [-0.3, -0.25) is 0 Å². The molecule has 1 aromatic carbocycles. The zero-order valence-electron chi connectivity index (χ0n) is 9.08. The average molecular weight is 227 g/mol. The van der Waals surface area contributed by atoms with Crippen LogP contribution in [0, 0.1) is 11.6 Å². The van der Waals surface area contributed by atoms with Crippen LogP contribution in [0.2, 0.25) is 0 Å². The molecule has 0 aromatic heterocycles. The van der Waals surface area contributed by atoms with Crippen molar-refractivity contribution in [3.63, 3.8) is 0 Å². The Kier molecular flexibility index (Phi) is 4.58. The highest BCUT2D eigenvalue weighted by Gasteiger charge is 2.13. The lowest BCUT2D eigenvalue weighted by molar-refractivity contribution is 0.168. The van der Waals surface area contributed by atoms with Crippen molar-refractivity contribution in [3.05, 3.63) is 48.1 Å². The molecule has 0 aliphatic rings. The Morgan fingerprint density at radius 2 is 2.19 bits per heavy atom. The quantitative estimate of drug-likeness (QED) is 0.755. The van der Waals surface area contributed by atoms with E-state index in [1.54, 1.807) is 6.08 Å². The van der Waals surface area contributed by atoms with Crippen molar-refractivity contribution in [2.24, 2.45) is 0 Å². The second-order valence-corrected chi connectivity index (χ2v) is 3.61. The van der Waals surface area contributed by atoms with E-state index in [0.717, 1.165) is 18.2 Å². The number of nitrogens with one attached hydrogen (secondary N) is 1. The van der Waals surface area contributed by atoms with E-state index in [-0.39, 0.29) is 18.2 Å². The van der Waals surface area contributed by atoms with Gasteiger partial charge in [-0.25, -0.2) is 8.78 Å². The highest BCUT2D eigenvalue weighted by Crippen LogP contribution is 2.17. The van der Waals surface area contributed by atoms with Gasteiger partial charge >= 0.3 is 0 Å². The van der Waals surface area contributed by atoms with Crippen LogP contribution < -0.4 is 5.32 Å². The van der Waals surface area contributed by atoms with Gasteiger partial charge in [0.2, 0.25) is 0 Å². The first-order valence-corrected chi connectivity index (χ1v) is 5.03. The molecule has 16 heavy (non-hydrogen) atoms. The van der Waals surface area contributed by atoms with Crippen LogP contribution in [-0.4, -0.2) is 17.7 Å². The van der Waals surface area contributed by atoms with E-state index >= 15 is 0 Å². The summed E-state index contributed by atoms with van der Waals surface area (Å²) in [6.45, 7) is 5.56. The lowest BCUT2D eigenvalue weighted by Crippen LogP contribution is -2.29. The van der Waals surface area contributed by atoms with Crippen molar-refractivity contribution in [2.75, 3.05) is 6.54 Å². The summed E-state index contributed by atoms with van der Waals surface area (Å²) in [7, 11) is 0. The van der Waals surface area contributed by atoms with Gasteiger partial charge in [-0.2, -0.15) is 0 Å². The molecule has 88 valence electrons. The number of benzene rings is 1. The predicted molar refractivity (Wildman–Crippen MR) is 59.0 cm³/mol. The second kappa shape index (κ2) is 5.72. The summed E-state index contributed by atoms with van der Waals surface area (Å²) in [5.41, 5.74) is -0.0382. The predicted octanol–water partition coefficient (Wildman–Crippen LogP) is 2.16. The molecule has 0 aliphatic carbocycles. The van der Waals surface area contributed by atoms with Crippen molar-refractivity contribution < 1.29 is 13.9 Å². The van der Waals surface area contributed by atoms with Crippen LogP contribution in [0.15, 0.2) is 30.9 Å². The number of halogens is 2.